The number of likely N-dealkylation sites (tertiary alicyclic amines) is 1. The van der Waals surface area contributed by atoms with Crippen molar-refractivity contribution in [2.45, 2.75) is 84.2 Å². The number of carbonyl (C=O) groups is 4. The maximum Gasteiger partial charge on any atom is 0.271 e. The van der Waals surface area contributed by atoms with Crippen molar-refractivity contribution in [1.82, 2.24) is 19.8 Å². The van der Waals surface area contributed by atoms with Gasteiger partial charge in [-0.1, -0.05) is 33.8 Å². The van der Waals surface area contributed by atoms with E-state index in [0.29, 0.717) is 12.8 Å². The fraction of sp³-hybridized carbons (Fsp3) is 0.760. The van der Waals surface area contributed by atoms with Crippen molar-refractivity contribution in [2.75, 3.05) is 26.7 Å². The number of piperazine rings is 1. The molecule has 1 unspecified atom stereocenters. The molecule has 2 N–H and O–H groups in total. The summed E-state index contributed by atoms with van der Waals surface area (Å²) in [5.74, 6) is -1.04. The molecule has 3 rings (SSSR count). The molecule has 35 heavy (non-hydrogen) atoms. The van der Waals surface area contributed by atoms with E-state index in [2.05, 4.69) is 4.90 Å². The zero-order valence-corrected chi connectivity index (χ0v) is 21.7. The number of nitrogens with two attached hydrogens (primary N) is 1. The van der Waals surface area contributed by atoms with Gasteiger partial charge in [-0.3, -0.25) is 28.9 Å². The number of likely N-dealkylation sites (N-methyl/N-ethyl adjacent to an activating group) is 1. The third-order valence-electron chi connectivity index (χ3n) is 6.94. The summed E-state index contributed by atoms with van der Waals surface area (Å²) >= 11 is 0. The second-order valence-corrected chi connectivity index (χ2v) is 10.8. The Morgan fingerprint density at radius 3 is 2.37 bits per heavy atom. The fourth-order valence-corrected chi connectivity index (χ4v) is 5.14. The summed E-state index contributed by atoms with van der Waals surface area (Å²) in [4.78, 5) is 63.2. The number of rotatable bonds is 9. The lowest BCUT2D eigenvalue weighted by molar-refractivity contribution is -0.274. The molecule has 3 fully saturated rings. The lowest BCUT2D eigenvalue weighted by atomic mass is 9.95. The van der Waals surface area contributed by atoms with Crippen LogP contribution >= 0.6 is 0 Å². The highest BCUT2D eigenvalue weighted by Crippen LogP contribution is 2.32. The predicted molar refractivity (Wildman–Crippen MR) is 130 cm³/mol. The zero-order valence-electron chi connectivity index (χ0n) is 21.7. The molecule has 3 aliphatic heterocycles. The molecule has 10 heteroatoms. The molecule has 0 aliphatic carbocycles. The van der Waals surface area contributed by atoms with Crippen molar-refractivity contribution in [3.8, 4) is 0 Å². The summed E-state index contributed by atoms with van der Waals surface area (Å²) in [5.41, 5.74) is 5.33. The second kappa shape index (κ2) is 11.5. The Kier molecular flexibility index (Phi) is 8.93. The van der Waals surface area contributed by atoms with Crippen LogP contribution in [0.1, 0.15) is 59.8 Å². The highest BCUT2D eigenvalue weighted by molar-refractivity contribution is 5.94. The average molecular weight is 492 g/mol. The van der Waals surface area contributed by atoms with Crippen LogP contribution in [0.15, 0.2) is 12.2 Å². The van der Waals surface area contributed by atoms with E-state index in [-0.39, 0.29) is 55.1 Å². The maximum absolute atomic E-state index is 13.6. The third kappa shape index (κ3) is 6.41. The summed E-state index contributed by atoms with van der Waals surface area (Å²) < 4.78 is 0. The van der Waals surface area contributed by atoms with Gasteiger partial charge in [0, 0.05) is 25.1 Å². The smallest absolute Gasteiger partial charge is 0.271 e. The normalized spacial score (nSPS) is 28.0. The summed E-state index contributed by atoms with van der Waals surface area (Å²) in [7, 11) is 2.03. The first-order chi connectivity index (χ1) is 16.5. The fourth-order valence-electron chi connectivity index (χ4n) is 5.14. The first kappa shape index (κ1) is 27.1. The van der Waals surface area contributed by atoms with Crippen LogP contribution in [0.4, 0.5) is 0 Å². The van der Waals surface area contributed by atoms with Gasteiger partial charge in [0.05, 0.1) is 6.54 Å². The number of hydroxylamine groups is 2. The molecule has 3 saturated heterocycles. The number of carbonyl (C=O) groups excluding carboxylic acids is 4. The third-order valence-corrected chi connectivity index (χ3v) is 6.94. The Hall–Kier alpha value is -2.46. The van der Waals surface area contributed by atoms with Gasteiger partial charge in [0.15, 0.2) is 12.3 Å². The molecule has 196 valence electrons. The van der Waals surface area contributed by atoms with Crippen molar-refractivity contribution in [3.63, 3.8) is 0 Å². The van der Waals surface area contributed by atoms with Crippen LogP contribution in [-0.2, 0) is 24.0 Å². The number of hydrogen-bond donors (Lipinski definition) is 1. The minimum atomic E-state index is -0.836. The Balaban J connectivity index is 1.94. The largest absolute Gasteiger partial charge is 0.370 e. The molecule has 4 atom stereocenters. The molecular formula is C25H41N5O5. The highest BCUT2D eigenvalue weighted by atomic mass is 16.7. The molecular weight excluding hydrogens is 450 g/mol. The molecule has 0 aromatic carbocycles. The molecule has 0 saturated carbocycles. The van der Waals surface area contributed by atoms with Gasteiger partial charge in [0.1, 0.15) is 6.04 Å². The van der Waals surface area contributed by atoms with Gasteiger partial charge in [-0.2, -0.15) is 5.06 Å². The molecule has 0 aromatic rings. The standard InChI is InChI=1S/C25H41N5O5/c1-16(2)13-19-24(33)28(12-10-21(26)31)15-22-29(19)25(34)20(14-17(3)4)35-30(22)23(32)9-8-18-7-6-11-27(18)5/h8-9,16-20,22H,6-7,10-15H2,1-5H3,(H2,26,31)/b9-8+/t18?,19-,20+,22-/m0/s1. The molecule has 0 radical (unpaired) electrons. The Morgan fingerprint density at radius 2 is 1.80 bits per heavy atom. The van der Waals surface area contributed by atoms with Crippen molar-refractivity contribution in [1.29, 1.82) is 0 Å². The van der Waals surface area contributed by atoms with Gasteiger partial charge in [-0.15, -0.1) is 0 Å². The number of hydrogen-bond acceptors (Lipinski definition) is 6. The van der Waals surface area contributed by atoms with E-state index in [1.165, 1.54) is 16.0 Å². The predicted octanol–water partition coefficient (Wildman–Crippen LogP) is 1.11. The lowest BCUT2D eigenvalue weighted by Gasteiger charge is -2.53. The van der Waals surface area contributed by atoms with Gasteiger partial charge < -0.3 is 15.5 Å². The number of nitrogens with zero attached hydrogens (tertiary/aromatic N) is 4. The molecule has 10 nitrogen and oxygen atoms in total. The second-order valence-electron chi connectivity index (χ2n) is 10.8. The molecule has 3 aliphatic rings. The quantitative estimate of drug-likeness (QED) is 0.483. The van der Waals surface area contributed by atoms with Gasteiger partial charge in [0.2, 0.25) is 11.8 Å². The molecule has 4 amide bonds. The van der Waals surface area contributed by atoms with Crippen molar-refractivity contribution < 1.29 is 24.0 Å². The van der Waals surface area contributed by atoms with Crippen LogP contribution in [0.2, 0.25) is 0 Å². The molecule has 3 heterocycles. The van der Waals surface area contributed by atoms with Crippen molar-refractivity contribution in [3.05, 3.63) is 12.2 Å². The van der Waals surface area contributed by atoms with Crippen LogP contribution in [-0.4, -0.2) is 94.4 Å². The minimum Gasteiger partial charge on any atom is -0.370 e. The van der Waals surface area contributed by atoms with Crippen LogP contribution in [0.25, 0.3) is 0 Å². The molecule has 0 bridgehead atoms. The first-order valence-electron chi connectivity index (χ1n) is 12.8. The van der Waals surface area contributed by atoms with E-state index >= 15 is 0 Å². The van der Waals surface area contributed by atoms with Gasteiger partial charge >= 0.3 is 0 Å². The SMILES string of the molecule is CC(C)C[C@H]1ON(C(=O)/C=C/C2CCCN2C)[C@H]2CN(CCC(N)=O)C(=O)[C@H](CC(C)C)N2C1=O. The van der Waals surface area contributed by atoms with Crippen LogP contribution < -0.4 is 5.73 Å². The van der Waals surface area contributed by atoms with Crippen LogP contribution in [0.5, 0.6) is 0 Å². The summed E-state index contributed by atoms with van der Waals surface area (Å²) in [6.07, 6.45) is 4.78. The van der Waals surface area contributed by atoms with E-state index in [1.54, 1.807) is 4.90 Å². The van der Waals surface area contributed by atoms with E-state index in [9.17, 15) is 19.2 Å². The Labute approximate surface area is 208 Å². The van der Waals surface area contributed by atoms with E-state index in [0.717, 1.165) is 19.4 Å². The van der Waals surface area contributed by atoms with Gasteiger partial charge in [-0.05, 0) is 51.1 Å². The molecule has 0 aromatic heterocycles. The first-order valence-corrected chi connectivity index (χ1v) is 12.8. The number of fused-ring (bicyclic) bond motifs is 1. The Morgan fingerprint density at radius 1 is 1.11 bits per heavy atom. The van der Waals surface area contributed by atoms with E-state index < -0.39 is 24.2 Å². The van der Waals surface area contributed by atoms with Crippen molar-refractivity contribution in [2.24, 2.45) is 17.6 Å². The number of amides is 4. The zero-order chi connectivity index (χ0) is 25.9. The highest BCUT2D eigenvalue weighted by Gasteiger charge is 2.52. The van der Waals surface area contributed by atoms with Crippen molar-refractivity contribution >= 4 is 23.6 Å². The summed E-state index contributed by atoms with van der Waals surface area (Å²) in [6.45, 7) is 9.16. The summed E-state index contributed by atoms with van der Waals surface area (Å²) in [6, 6.07) is -0.547. The Bertz CT molecular complexity index is 844. The number of primary amides is 1. The monoisotopic (exact) mass is 491 g/mol. The molecule has 0 spiro atoms. The average Bonchev–Trinajstić information content (AvgIpc) is 3.18. The summed E-state index contributed by atoms with van der Waals surface area (Å²) in [5, 5.41) is 1.27. The van der Waals surface area contributed by atoms with Crippen LogP contribution in [0.3, 0.4) is 0 Å². The lowest BCUT2D eigenvalue weighted by Crippen LogP contribution is -2.73. The minimum absolute atomic E-state index is 0.0134. The van der Waals surface area contributed by atoms with E-state index in [4.69, 9.17) is 10.6 Å². The van der Waals surface area contributed by atoms with E-state index in [1.807, 2.05) is 40.8 Å². The van der Waals surface area contributed by atoms with Crippen LogP contribution in [0, 0.1) is 11.8 Å². The topological polar surface area (TPSA) is 116 Å². The van der Waals surface area contributed by atoms with Gasteiger partial charge in [-0.25, -0.2) is 0 Å². The van der Waals surface area contributed by atoms with Gasteiger partial charge in [0.25, 0.3) is 11.8 Å². The maximum atomic E-state index is 13.6.